The lowest BCUT2D eigenvalue weighted by Crippen LogP contribution is -1.99. The Bertz CT molecular complexity index is 496. The van der Waals surface area contributed by atoms with Gasteiger partial charge in [-0.3, -0.25) is 0 Å². The predicted octanol–water partition coefficient (Wildman–Crippen LogP) is 5.04. The van der Waals surface area contributed by atoms with Gasteiger partial charge in [0.15, 0.2) is 0 Å². The van der Waals surface area contributed by atoms with Crippen molar-refractivity contribution in [2.75, 3.05) is 5.32 Å². The number of rotatable bonds is 3. The minimum absolute atomic E-state index is 0.875. The van der Waals surface area contributed by atoms with Gasteiger partial charge >= 0.3 is 0 Å². The molecule has 0 aliphatic rings. The number of nitrogens with one attached hydrogen (secondary N) is 1. The number of thiophene rings is 1. The van der Waals surface area contributed by atoms with Crippen LogP contribution in [0, 0.1) is 10.5 Å². The molecule has 4 heteroatoms. The lowest BCUT2D eigenvalue weighted by Gasteiger charge is -2.09. The van der Waals surface area contributed by atoms with E-state index in [2.05, 4.69) is 80.4 Å². The zero-order chi connectivity index (χ0) is 11.5. The standard InChI is InChI=1S/C12H11BrINS/c1-8-6-9(14)2-3-11(8)15-7-12-10(13)4-5-16-12/h2-6,15H,7H2,1H3. The van der Waals surface area contributed by atoms with Crippen LogP contribution in [0.5, 0.6) is 0 Å². The molecular weight excluding hydrogens is 397 g/mol. The van der Waals surface area contributed by atoms with Gasteiger partial charge in [0.05, 0.1) is 6.54 Å². The molecule has 84 valence electrons. The number of anilines is 1. The topological polar surface area (TPSA) is 12.0 Å². The van der Waals surface area contributed by atoms with Gasteiger partial charge in [-0.2, -0.15) is 0 Å². The Labute approximate surface area is 122 Å². The first-order valence-corrected chi connectivity index (χ1v) is 7.64. The van der Waals surface area contributed by atoms with Crippen LogP contribution >= 0.6 is 49.9 Å². The van der Waals surface area contributed by atoms with Crippen molar-refractivity contribution in [3.63, 3.8) is 0 Å². The summed E-state index contributed by atoms with van der Waals surface area (Å²) in [5, 5.41) is 5.56. The first kappa shape index (κ1) is 12.4. The average molecular weight is 408 g/mol. The van der Waals surface area contributed by atoms with Crippen molar-refractivity contribution in [3.8, 4) is 0 Å². The molecule has 2 rings (SSSR count). The van der Waals surface area contributed by atoms with Crippen LogP contribution < -0.4 is 5.32 Å². The van der Waals surface area contributed by atoms with Crippen LogP contribution in [-0.2, 0) is 6.54 Å². The van der Waals surface area contributed by atoms with Gasteiger partial charge in [-0.1, -0.05) is 0 Å². The zero-order valence-corrected chi connectivity index (χ0v) is 13.3. The molecule has 0 atom stereocenters. The van der Waals surface area contributed by atoms with Gasteiger partial charge in [-0.25, -0.2) is 0 Å². The number of benzene rings is 1. The molecule has 0 aliphatic heterocycles. The maximum atomic E-state index is 3.54. The van der Waals surface area contributed by atoms with E-state index in [1.807, 2.05) is 0 Å². The second kappa shape index (κ2) is 5.51. The molecule has 0 spiro atoms. The molecule has 0 saturated heterocycles. The summed E-state index contributed by atoms with van der Waals surface area (Å²) in [5.74, 6) is 0. The van der Waals surface area contributed by atoms with E-state index < -0.39 is 0 Å². The molecule has 1 heterocycles. The summed E-state index contributed by atoms with van der Waals surface area (Å²) >= 11 is 7.64. The molecule has 0 amide bonds. The monoisotopic (exact) mass is 407 g/mol. The summed E-state index contributed by atoms with van der Waals surface area (Å²) in [4.78, 5) is 1.33. The third-order valence-electron chi connectivity index (χ3n) is 2.32. The minimum atomic E-state index is 0.875. The largest absolute Gasteiger partial charge is 0.380 e. The fourth-order valence-electron chi connectivity index (χ4n) is 1.45. The van der Waals surface area contributed by atoms with Gasteiger partial charge in [0.25, 0.3) is 0 Å². The highest BCUT2D eigenvalue weighted by atomic mass is 127. The normalized spacial score (nSPS) is 10.4. The van der Waals surface area contributed by atoms with Gasteiger partial charge in [0, 0.05) is 18.6 Å². The van der Waals surface area contributed by atoms with Gasteiger partial charge in [-0.15, -0.1) is 11.3 Å². The zero-order valence-electron chi connectivity index (χ0n) is 8.76. The van der Waals surface area contributed by atoms with Crippen molar-refractivity contribution in [2.24, 2.45) is 0 Å². The van der Waals surface area contributed by atoms with Crippen LogP contribution in [0.15, 0.2) is 34.1 Å². The minimum Gasteiger partial charge on any atom is -0.380 e. The van der Waals surface area contributed by atoms with Crippen molar-refractivity contribution < 1.29 is 0 Å². The third-order valence-corrected chi connectivity index (χ3v) is 4.92. The third kappa shape index (κ3) is 2.99. The van der Waals surface area contributed by atoms with Crippen LogP contribution in [0.25, 0.3) is 0 Å². The number of hydrogen-bond acceptors (Lipinski definition) is 2. The van der Waals surface area contributed by atoms with E-state index in [1.54, 1.807) is 11.3 Å². The fourth-order valence-corrected chi connectivity index (χ4v) is 3.53. The van der Waals surface area contributed by atoms with Gasteiger partial charge in [-0.05, 0) is 80.7 Å². The summed E-state index contributed by atoms with van der Waals surface area (Å²) in [6.07, 6.45) is 0. The molecule has 2 aromatic rings. The summed E-state index contributed by atoms with van der Waals surface area (Å²) in [6.45, 7) is 3.01. The lowest BCUT2D eigenvalue weighted by molar-refractivity contribution is 1.17. The van der Waals surface area contributed by atoms with E-state index in [1.165, 1.54) is 24.2 Å². The van der Waals surface area contributed by atoms with E-state index in [0.717, 1.165) is 6.54 Å². The van der Waals surface area contributed by atoms with E-state index in [9.17, 15) is 0 Å². The molecule has 0 radical (unpaired) electrons. The summed E-state index contributed by atoms with van der Waals surface area (Å²) < 4.78 is 2.46. The Balaban J connectivity index is 2.08. The second-order valence-electron chi connectivity index (χ2n) is 3.50. The highest BCUT2D eigenvalue weighted by molar-refractivity contribution is 14.1. The number of aryl methyl sites for hydroxylation is 1. The highest BCUT2D eigenvalue weighted by Crippen LogP contribution is 2.25. The Kier molecular flexibility index (Phi) is 4.27. The molecule has 1 N–H and O–H groups in total. The molecule has 0 saturated carbocycles. The highest BCUT2D eigenvalue weighted by Gasteiger charge is 2.02. The van der Waals surface area contributed by atoms with Crippen LogP contribution in [0.4, 0.5) is 5.69 Å². The number of halogens is 2. The van der Waals surface area contributed by atoms with Crippen molar-refractivity contribution in [2.45, 2.75) is 13.5 Å². The summed E-state index contributed by atoms with van der Waals surface area (Å²) in [7, 11) is 0. The van der Waals surface area contributed by atoms with Crippen molar-refractivity contribution >= 4 is 55.5 Å². The quantitative estimate of drug-likeness (QED) is 0.703. The van der Waals surface area contributed by atoms with Crippen molar-refractivity contribution in [3.05, 3.63) is 48.1 Å². The molecule has 0 aliphatic carbocycles. The summed E-state index contributed by atoms with van der Waals surface area (Å²) in [6, 6.07) is 8.53. The smallest absolute Gasteiger partial charge is 0.0505 e. The van der Waals surface area contributed by atoms with Gasteiger partial charge < -0.3 is 5.32 Å². The molecule has 0 unspecified atom stereocenters. The fraction of sp³-hybridized carbons (Fsp3) is 0.167. The van der Waals surface area contributed by atoms with E-state index >= 15 is 0 Å². The SMILES string of the molecule is Cc1cc(I)ccc1NCc1sccc1Br. The van der Waals surface area contributed by atoms with E-state index in [0.29, 0.717) is 0 Å². The first-order chi connectivity index (χ1) is 7.66. The maximum Gasteiger partial charge on any atom is 0.0505 e. The average Bonchev–Trinajstić information content (AvgIpc) is 2.63. The molecule has 1 aromatic carbocycles. The maximum absolute atomic E-state index is 3.54. The molecule has 0 fully saturated rings. The summed E-state index contributed by atoms with van der Waals surface area (Å²) in [5.41, 5.74) is 2.50. The van der Waals surface area contributed by atoms with E-state index in [-0.39, 0.29) is 0 Å². The number of hydrogen-bond donors (Lipinski definition) is 1. The molecule has 1 nitrogen and oxygen atoms in total. The van der Waals surface area contributed by atoms with Crippen molar-refractivity contribution in [1.82, 2.24) is 0 Å². The van der Waals surface area contributed by atoms with Gasteiger partial charge in [0.1, 0.15) is 0 Å². The van der Waals surface area contributed by atoms with Crippen LogP contribution in [0.2, 0.25) is 0 Å². The van der Waals surface area contributed by atoms with Crippen LogP contribution in [0.3, 0.4) is 0 Å². The van der Waals surface area contributed by atoms with Crippen LogP contribution in [0.1, 0.15) is 10.4 Å². The predicted molar refractivity (Wildman–Crippen MR) is 83.2 cm³/mol. The Morgan fingerprint density at radius 2 is 2.19 bits per heavy atom. The van der Waals surface area contributed by atoms with E-state index in [4.69, 9.17) is 0 Å². The molecule has 1 aromatic heterocycles. The van der Waals surface area contributed by atoms with Gasteiger partial charge in [0.2, 0.25) is 0 Å². The molecule has 16 heavy (non-hydrogen) atoms. The molecule has 0 bridgehead atoms. The lowest BCUT2D eigenvalue weighted by atomic mass is 10.2. The second-order valence-corrected chi connectivity index (χ2v) is 6.61. The Morgan fingerprint density at radius 1 is 1.38 bits per heavy atom. The Hall–Kier alpha value is -0.0700. The first-order valence-electron chi connectivity index (χ1n) is 4.88. The van der Waals surface area contributed by atoms with Crippen LogP contribution in [-0.4, -0.2) is 0 Å². The Morgan fingerprint density at radius 3 is 2.81 bits per heavy atom. The van der Waals surface area contributed by atoms with Crippen molar-refractivity contribution in [1.29, 1.82) is 0 Å². The molecular formula is C12H11BrINS.